The van der Waals surface area contributed by atoms with Crippen molar-refractivity contribution in [2.24, 2.45) is 5.92 Å². The zero-order valence-electron chi connectivity index (χ0n) is 18.8. The lowest BCUT2D eigenvalue weighted by molar-refractivity contribution is -0.133. The molecule has 8 nitrogen and oxygen atoms in total. The number of rotatable bonds is 5. The largest absolute Gasteiger partial charge is 0.342 e. The predicted molar refractivity (Wildman–Crippen MR) is 120 cm³/mol. The van der Waals surface area contributed by atoms with Gasteiger partial charge in [-0.25, -0.2) is 18.4 Å². The molecular formula is C22H35N5O3S. The second kappa shape index (κ2) is 9.40. The summed E-state index contributed by atoms with van der Waals surface area (Å²) in [4.78, 5) is 28.5. The van der Waals surface area contributed by atoms with Gasteiger partial charge in [0.1, 0.15) is 4.90 Å². The topological polar surface area (TPSA) is 86.7 Å². The van der Waals surface area contributed by atoms with Crippen LogP contribution in [0, 0.1) is 5.92 Å². The molecule has 0 saturated carbocycles. The summed E-state index contributed by atoms with van der Waals surface area (Å²) in [5, 5.41) is 0. The summed E-state index contributed by atoms with van der Waals surface area (Å²) in [6, 6.07) is 0. The van der Waals surface area contributed by atoms with E-state index in [1.807, 2.05) is 4.90 Å². The molecule has 4 rings (SSSR count). The van der Waals surface area contributed by atoms with Gasteiger partial charge in [0.15, 0.2) is 9.84 Å². The normalized spacial score (nSPS) is 24.0. The standard InChI is InChI=1S/C22H35N5O3S/c1-17-6-5-11-27(15-17)22-23-14-19(31(2,29)30)21(24-22)18-7-12-26(13-8-18)20(28)16-25-9-3-4-10-25/h14,17-18H,3-13,15-16H2,1-2H3. The zero-order valence-corrected chi connectivity index (χ0v) is 19.6. The molecule has 0 N–H and O–H groups in total. The first-order chi connectivity index (χ1) is 14.8. The van der Waals surface area contributed by atoms with E-state index < -0.39 is 9.84 Å². The number of hydrogen-bond donors (Lipinski definition) is 0. The van der Waals surface area contributed by atoms with Crippen molar-refractivity contribution >= 4 is 21.7 Å². The van der Waals surface area contributed by atoms with Crippen LogP contribution in [0.1, 0.15) is 57.1 Å². The zero-order chi connectivity index (χ0) is 22.0. The Labute approximate surface area is 185 Å². The monoisotopic (exact) mass is 449 g/mol. The van der Waals surface area contributed by atoms with E-state index in [0.29, 0.717) is 37.2 Å². The second-order valence-corrected chi connectivity index (χ2v) is 11.5. The third-order valence-corrected chi connectivity index (χ3v) is 8.01. The van der Waals surface area contributed by atoms with Crippen LogP contribution in [0.25, 0.3) is 0 Å². The van der Waals surface area contributed by atoms with Crippen LogP contribution in [0.3, 0.4) is 0 Å². The number of sulfone groups is 1. The lowest BCUT2D eigenvalue weighted by atomic mass is 9.93. The van der Waals surface area contributed by atoms with Crippen LogP contribution >= 0.6 is 0 Å². The highest BCUT2D eigenvalue weighted by Crippen LogP contribution is 2.32. The minimum Gasteiger partial charge on any atom is -0.342 e. The summed E-state index contributed by atoms with van der Waals surface area (Å²) < 4.78 is 24.9. The molecule has 31 heavy (non-hydrogen) atoms. The molecule has 172 valence electrons. The Bertz CT molecular complexity index is 892. The summed E-state index contributed by atoms with van der Waals surface area (Å²) in [6.07, 6.45) is 8.86. The van der Waals surface area contributed by atoms with E-state index in [1.165, 1.54) is 31.7 Å². The molecule has 0 bridgehead atoms. The molecule has 0 aromatic carbocycles. The van der Waals surface area contributed by atoms with Gasteiger partial charge in [-0.3, -0.25) is 9.69 Å². The van der Waals surface area contributed by atoms with E-state index >= 15 is 0 Å². The Morgan fingerprint density at radius 1 is 1.06 bits per heavy atom. The first-order valence-electron chi connectivity index (χ1n) is 11.6. The van der Waals surface area contributed by atoms with Gasteiger partial charge in [-0.15, -0.1) is 0 Å². The van der Waals surface area contributed by atoms with Crippen molar-refractivity contribution in [3.05, 3.63) is 11.9 Å². The number of carbonyl (C=O) groups is 1. The summed E-state index contributed by atoms with van der Waals surface area (Å²) in [7, 11) is -3.42. The van der Waals surface area contributed by atoms with Crippen LogP contribution in [0.2, 0.25) is 0 Å². The molecule has 3 aliphatic heterocycles. The molecule has 4 heterocycles. The Balaban J connectivity index is 1.48. The molecular weight excluding hydrogens is 414 g/mol. The van der Waals surface area contributed by atoms with E-state index in [0.717, 1.165) is 45.4 Å². The first kappa shape index (κ1) is 22.5. The summed E-state index contributed by atoms with van der Waals surface area (Å²) in [5.41, 5.74) is 0.636. The molecule has 3 fully saturated rings. The van der Waals surface area contributed by atoms with Crippen molar-refractivity contribution in [2.75, 3.05) is 57.0 Å². The highest BCUT2D eigenvalue weighted by Gasteiger charge is 2.31. The third-order valence-electron chi connectivity index (χ3n) is 6.90. The number of anilines is 1. The van der Waals surface area contributed by atoms with Gasteiger partial charge >= 0.3 is 0 Å². The highest BCUT2D eigenvalue weighted by molar-refractivity contribution is 7.90. The fourth-order valence-electron chi connectivity index (χ4n) is 5.11. The molecule has 1 aromatic heterocycles. The fraction of sp³-hybridized carbons (Fsp3) is 0.773. The average Bonchev–Trinajstić information content (AvgIpc) is 3.26. The van der Waals surface area contributed by atoms with E-state index in [4.69, 9.17) is 4.98 Å². The molecule has 9 heteroatoms. The average molecular weight is 450 g/mol. The molecule has 0 spiro atoms. The molecule has 1 atom stereocenters. The Kier molecular flexibility index (Phi) is 6.81. The van der Waals surface area contributed by atoms with Crippen LogP contribution in [0.15, 0.2) is 11.1 Å². The number of amides is 1. The van der Waals surface area contributed by atoms with Crippen LogP contribution in [-0.4, -0.2) is 86.2 Å². The molecule has 0 aliphatic carbocycles. The Morgan fingerprint density at radius 2 is 1.77 bits per heavy atom. The van der Waals surface area contributed by atoms with Gasteiger partial charge in [-0.2, -0.15) is 0 Å². The van der Waals surface area contributed by atoms with E-state index in [2.05, 4.69) is 21.7 Å². The van der Waals surface area contributed by atoms with Crippen LogP contribution in [0.4, 0.5) is 5.95 Å². The van der Waals surface area contributed by atoms with Gasteiger partial charge in [0.05, 0.1) is 18.4 Å². The fourth-order valence-corrected chi connectivity index (χ4v) is 5.95. The molecule has 1 unspecified atom stereocenters. The summed E-state index contributed by atoms with van der Waals surface area (Å²) >= 11 is 0. The van der Waals surface area contributed by atoms with E-state index in [9.17, 15) is 13.2 Å². The maximum Gasteiger partial charge on any atom is 0.236 e. The van der Waals surface area contributed by atoms with Crippen molar-refractivity contribution in [3.8, 4) is 0 Å². The van der Waals surface area contributed by atoms with Gasteiger partial charge in [-0.05, 0) is 57.5 Å². The molecule has 0 radical (unpaired) electrons. The van der Waals surface area contributed by atoms with E-state index in [1.54, 1.807) is 0 Å². The quantitative estimate of drug-likeness (QED) is 0.679. The number of piperidine rings is 2. The Morgan fingerprint density at radius 3 is 2.42 bits per heavy atom. The van der Waals surface area contributed by atoms with Gasteiger partial charge in [0, 0.05) is 38.4 Å². The SMILES string of the molecule is CC1CCCN(c2ncc(S(C)(=O)=O)c(C3CCN(C(=O)CN4CCCC4)CC3)n2)C1. The van der Waals surface area contributed by atoms with Gasteiger partial charge in [0.2, 0.25) is 11.9 Å². The smallest absolute Gasteiger partial charge is 0.236 e. The van der Waals surface area contributed by atoms with Gasteiger partial charge < -0.3 is 9.80 Å². The maximum absolute atomic E-state index is 12.7. The minimum absolute atomic E-state index is 0.0320. The number of aromatic nitrogens is 2. The van der Waals surface area contributed by atoms with Crippen molar-refractivity contribution in [1.29, 1.82) is 0 Å². The number of likely N-dealkylation sites (tertiary alicyclic amines) is 2. The maximum atomic E-state index is 12.7. The van der Waals surface area contributed by atoms with Crippen molar-refractivity contribution in [3.63, 3.8) is 0 Å². The first-order valence-corrected chi connectivity index (χ1v) is 13.5. The number of carbonyl (C=O) groups excluding carboxylic acids is 1. The number of nitrogens with zero attached hydrogens (tertiary/aromatic N) is 5. The predicted octanol–water partition coefficient (Wildman–Crippen LogP) is 1.92. The van der Waals surface area contributed by atoms with Gasteiger partial charge in [-0.1, -0.05) is 6.92 Å². The van der Waals surface area contributed by atoms with E-state index in [-0.39, 0.29) is 16.7 Å². The van der Waals surface area contributed by atoms with Crippen LogP contribution < -0.4 is 4.90 Å². The lowest BCUT2D eigenvalue weighted by Gasteiger charge is -2.34. The van der Waals surface area contributed by atoms with Crippen molar-refractivity contribution in [1.82, 2.24) is 19.8 Å². The molecule has 3 saturated heterocycles. The minimum atomic E-state index is -3.42. The van der Waals surface area contributed by atoms with Crippen molar-refractivity contribution < 1.29 is 13.2 Å². The molecule has 1 amide bonds. The van der Waals surface area contributed by atoms with Crippen LogP contribution in [0.5, 0.6) is 0 Å². The second-order valence-electron chi connectivity index (χ2n) is 9.52. The Hall–Kier alpha value is -1.74. The number of hydrogen-bond acceptors (Lipinski definition) is 7. The van der Waals surface area contributed by atoms with Crippen LogP contribution in [-0.2, 0) is 14.6 Å². The molecule has 1 aromatic rings. The highest BCUT2D eigenvalue weighted by atomic mass is 32.2. The van der Waals surface area contributed by atoms with Gasteiger partial charge in [0.25, 0.3) is 0 Å². The summed E-state index contributed by atoms with van der Waals surface area (Å²) in [5.74, 6) is 1.45. The third kappa shape index (κ3) is 5.37. The molecule has 3 aliphatic rings. The summed E-state index contributed by atoms with van der Waals surface area (Å²) in [6.45, 7) is 7.88. The lowest BCUT2D eigenvalue weighted by Crippen LogP contribution is -2.43. The van der Waals surface area contributed by atoms with Crippen molar-refractivity contribution in [2.45, 2.75) is 56.3 Å².